The Labute approximate surface area is 413 Å². The van der Waals surface area contributed by atoms with Crippen molar-refractivity contribution in [2.75, 3.05) is 46.4 Å². The number of piperidine rings is 2. The molecule has 2 spiro atoms. The minimum atomic E-state index is -0.989. The zero-order chi connectivity index (χ0) is 46.9. The van der Waals surface area contributed by atoms with Crippen molar-refractivity contribution in [2.45, 2.75) is 153 Å². The standard InChI is InChI=1S/C26H36N2O5.C25H34N2O5.Li.2H2O/c1-25(2,3)33-24(31)28-17-19(16-20(28)23(30)32-4)27-14-12-26(13-15-27)11-10-21(29)22(26)18-8-6-5-7-9-18;1-24(2,3)32-23(31)27-16-18(15-19(27)22(29)30)26-13-11-25(12-14-26)10-9-20(28)21(25)17-7-5-4-6-8-17;;;/h5-9,19-20,22H,10-17H2,1-4H3;4-8,18-19,21H,9-16H2,1-3H3,(H,29,30);;2*1H2/q;;+1;;/p-1/t19-,20-,22?;18-,19-,21?;;;/m00.../s1. The number of ketones is 2. The molecule has 2 aromatic carbocycles. The number of carboxylic acid groups (broad SMARTS) is 1. The Morgan fingerprint density at radius 3 is 1.29 bits per heavy atom. The number of methoxy groups -OCH3 is 1. The van der Waals surface area contributed by atoms with Crippen molar-refractivity contribution >= 4 is 35.7 Å². The Morgan fingerprint density at radius 1 is 0.603 bits per heavy atom. The van der Waals surface area contributed by atoms with Crippen LogP contribution in [0.4, 0.5) is 9.59 Å². The predicted octanol–water partition coefficient (Wildman–Crippen LogP) is 3.45. The van der Waals surface area contributed by atoms with Gasteiger partial charge in [0, 0.05) is 49.9 Å². The van der Waals surface area contributed by atoms with E-state index in [4.69, 9.17) is 14.2 Å². The number of esters is 1. The number of Topliss-reactive ketones (excluding diaryl/α,β-unsaturated/α-hetero) is 2. The van der Waals surface area contributed by atoms with E-state index in [2.05, 4.69) is 34.1 Å². The maximum absolute atomic E-state index is 12.8. The average molecular weight is 941 g/mol. The normalized spacial score (nSPS) is 26.8. The van der Waals surface area contributed by atoms with Crippen molar-refractivity contribution in [3.8, 4) is 0 Å². The molecule has 2 unspecified atom stereocenters. The van der Waals surface area contributed by atoms with E-state index in [1.807, 2.05) is 57.2 Å². The number of nitrogens with zero attached hydrogens (tertiary/aromatic N) is 4. The van der Waals surface area contributed by atoms with Crippen molar-refractivity contribution in [2.24, 2.45) is 10.8 Å². The fourth-order valence-electron chi connectivity index (χ4n) is 11.9. The van der Waals surface area contributed by atoms with Gasteiger partial charge in [-0.3, -0.25) is 29.2 Å². The SMILES string of the molecule is CC(C)(C)OC(=O)N1C[C@@H](N2CCC3(CCC(=O)C3c3ccccc3)CC2)C[C@H]1C(=O)O.COC(=O)[C@@H]1C[C@H](N2CCC3(CCC(=O)C3c3ccccc3)CC2)CN1C(=O)OC(C)(C)C.O.[Li+].[OH-]. The molecule has 4 aliphatic heterocycles. The monoisotopic (exact) mass is 941 g/mol. The Morgan fingerprint density at radius 2 is 0.956 bits per heavy atom. The molecule has 4 heterocycles. The first-order valence-corrected chi connectivity index (χ1v) is 23.7. The van der Waals surface area contributed by atoms with Crippen LogP contribution in [-0.4, -0.2) is 153 Å². The molecule has 4 saturated heterocycles. The van der Waals surface area contributed by atoms with Crippen molar-refractivity contribution < 1.29 is 77.9 Å². The summed E-state index contributed by atoms with van der Waals surface area (Å²) in [5.41, 5.74) is 0.957. The molecule has 370 valence electrons. The van der Waals surface area contributed by atoms with Crippen LogP contribution >= 0.6 is 0 Å². The van der Waals surface area contributed by atoms with Crippen LogP contribution in [0.3, 0.4) is 0 Å². The van der Waals surface area contributed by atoms with Crippen LogP contribution in [0.15, 0.2) is 60.7 Å². The second-order valence-corrected chi connectivity index (χ2v) is 21.4. The molecule has 4 N–H and O–H groups in total. The number of hydrogen-bond donors (Lipinski definition) is 1. The van der Waals surface area contributed by atoms with Crippen LogP contribution in [0.1, 0.15) is 129 Å². The summed E-state index contributed by atoms with van der Waals surface area (Å²) in [6.07, 6.45) is 6.79. The summed E-state index contributed by atoms with van der Waals surface area (Å²) in [6.45, 7) is 15.0. The van der Waals surface area contributed by atoms with Crippen LogP contribution in [-0.2, 0) is 33.4 Å². The van der Waals surface area contributed by atoms with Gasteiger partial charge in [-0.05, 0) is 141 Å². The number of hydrogen-bond acceptors (Lipinski definition) is 12. The van der Waals surface area contributed by atoms with Gasteiger partial charge in [-0.25, -0.2) is 19.2 Å². The van der Waals surface area contributed by atoms with E-state index in [1.165, 1.54) is 16.9 Å². The van der Waals surface area contributed by atoms with Crippen molar-refractivity contribution in [3.05, 3.63) is 71.8 Å². The smallest absolute Gasteiger partial charge is 0.870 e. The van der Waals surface area contributed by atoms with Crippen LogP contribution in [0, 0.1) is 10.8 Å². The third kappa shape index (κ3) is 12.3. The molecule has 2 aromatic rings. The minimum Gasteiger partial charge on any atom is -0.870 e. The molecule has 2 saturated carbocycles. The summed E-state index contributed by atoms with van der Waals surface area (Å²) in [7, 11) is 1.36. The van der Waals surface area contributed by atoms with E-state index in [0.29, 0.717) is 50.3 Å². The molecular formula is C51H73LiN4O12. The van der Waals surface area contributed by atoms with Gasteiger partial charge in [0.25, 0.3) is 0 Å². The first kappa shape index (κ1) is 56.3. The van der Waals surface area contributed by atoms with Gasteiger partial charge in [0.05, 0.1) is 7.11 Å². The molecule has 0 bridgehead atoms. The number of ether oxygens (including phenoxy) is 3. The fraction of sp³-hybridized carbons (Fsp3) is 0.647. The molecular weight excluding hydrogens is 868 g/mol. The molecule has 0 aromatic heterocycles. The van der Waals surface area contributed by atoms with Gasteiger partial charge in [-0.2, -0.15) is 0 Å². The molecule has 2 amide bonds. The van der Waals surface area contributed by atoms with Crippen LogP contribution in [0.2, 0.25) is 0 Å². The summed E-state index contributed by atoms with van der Waals surface area (Å²) in [4.78, 5) is 82.9. The second-order valence-electron chi connectivity index (χ2n) is 21.4. The quantitative estimate of drug-likeness (QED) is 0.249. The number of aliphatic carboxylic acids is 1. The first-order valence-electron chi connectivity index (χ1n) is 23.7. The number of amides is 2. The topological polar surface area (TPSA) is 225 Å². The second kappa shape index (κ2) is 22.6. The van der Waals surface area contributed by atoms with Crippen LogP contribution in [0.25, 0.3) is 0 Å². The van der Waals surface area contributed by atoms with Gasteiger partial charge in [0.15, 0.2) is 0 Å². The summed E-state index contributed by atoms with van der Waals surface area (Å²) in [6, 6.07) is 18.9. The van der Waals surface area contributed by atoms with Gasteiger partial charge in [-0.15, -0.1) is 0 Å². The largest absolute Gasteiger partial charge is 1.00 e. The van der Waals surface area contributed by atoms with Gasteiger partial charge in [0.1, 0.15) is 34.9 Å². The molecule has 6 aliphatic rings. The third-order valence-electron chi connectivity index (χ3n) is 15.1. The van der Waals surface area contributed by atoms with E-state index >= 15 is 0 Å². The van der Waals surface area contributed by atoms with Crippen molar-refractivity contribution in [3.63, 3.8) is 0 Å². The molecule has 6 atom stereocenters. The summed E-state index contributed by atoms with van der Waals surface area (Å²) in [5, 5.41) is 9.70. The van der Waals surface area contributed by atoms with Gasteiger partial charge < -0.3 is 30.3 Å². The fourth-order valence-corrected chi connectivity index (χ4v) is 11.9. The molecule has 8 rings (SSSR count). The zero-order valence-corrected chi connectivity index (χ0v) is 41.4. The van der Waals surface area contributed by atoms with Crippen molar-refractivity contribution in [1.29, 1.82) is 0 Å². The molecule has 6 fully saturated rings. The number of benzene rings is 2. The Bertz CT molecular complexity index is 2060. The minimum absolute atomic E-state index is 0. The molecule has 68 heavy (non-hydrogen) atoms. The van der Waals surface area contributed by atoms with Crippen LogP contribution < -0.4 is 18.9 Å². The number of likely N-dealkylation sites (tertiary alicyclic amines) is 4. The number of carboxylic acids is 1. The molecule has 17 heteroatoms. The maximum atomic E-state index is 12.8. The summed E-state index contributed by atoms with van der Waals surface area (Å²) >= 11 is 0. The van der Waals surface area contributed by atoms with E-state index in [1.54, 1.807) is 20.8 Å². The Hall–Kier alpha value is -4.30. The molecule has 16 nitrogen and oxygen atoms in total. The number of carbonyl (C=O) groups is 6. The number of rotatable bonds is 6. The number of carbonyl (C=O) groups excluding carboxylic acids is 5. The predicted molar refractivity (Wildman–Crippen MR) is 249 cm³/mol. The van der Waals surface area contributed by atoms with E-state index in [-0.39, 0.29) is 64.6 Å². The maximum Gasteiger partial charge on any atom is 1.00 e. The van der Waals surface area contributed by atoms with Gasteiger partial charge in [0.2, 0.25) is 0 Å². The Kier molecular flexibility index (Phi) is 18.7. The Balaban J connectivity index is 0.000000284. The molecule has 2 aliphatic carbocycles. The van der Waals surface area contributed by atoms with E-state index in [9.17, 15) is 33.9 Å². The third-order valence-corrected chi connectivity index (χ3v) is 15.1. The average Bonchev–Trinajstić information content (AvgIpc) is 4.05. The van der Waals surface area contributed by atoms with Gasteiger partial charge in [-0.1, -0.05) is 60.7 Å². The first-order chi connectivity index (χ1) is 30.7. The zero-order valence-electron chi connectivity index (χ0n) is 41.4. The molecule has 0 radical (unpaired) electrons. The van der Waals surface area contributed by atoms with Crippen LogP contribution in [0.5, 0.6) is 0 Å². The summed E-state index contributed by atoms with van der Waals surface area (Å²) in [5.74, 6) is -0.755. The summed E-state index contributed by atoms with van der Waals surface area (Å²) < 4.78 is 16.0. The van der Waals surface area contributed by atoms with E-state index < -0.39 is 47.4 Å². The van der Waals surface area contributed by atoms with Crippen molar-refractivity contribution in [1.82, 2.24) is 19.6 Å². The van der Waals surface area contributed by atoms with E-state index in [0.717, 1.165) is 75.8 Å². The van der Waals surface area contributed by atoms with Gasteiger partial charge >= 0.3 is 43.0 Å².